The Morgan fingerprint density at radius 1 is 1.08 bits per heavy atom. The number of methoxy groups -OCH3 is 2. The minimum atomic E-state index is -0.0381. The van der Waals surface area contributed by atoms with E-state index in [1.165, 1.54) is 0 Å². The largest absolute Gasteiger partial charge is 0.493 e. The number of rotatable bonds is 7. The molecule has 2 aromatic rings. The third kappa shape index (κ3) is 4.45. The van der Waals surface area contributed by atoms with E-state index in [0.717, 1.165) is 28.0 Å². The van der Waals surface area contributed by atoms with E-state index in [2.05, 4.69) is 5.32 Å². The summed E-state index contributed by atoms with van der Waals surface area (Å²) < 4.78 is 10.5. The summed E-state index contributed by atoms with van der Waals surface area (Å²) in [6.07, 6.45) is 2.73. The molecule has 5 heteroatoms. The molecule has 2 rings (SSSR count). The molecule has 0 aliphatic carbocycles. The van der Waals surface area contributed by atoms with Crippen LogP contribution in [0.5, 0.6) is 11.5 Å². The van der Waals surface area contributed by atoms with Gasteiger partial charge in [0, 0.05) is 17.0 Å². The van der Waals surface area contributed by atoms with Gasteiger partial charge in [0.1, 0.15) is 0 Å². The van der Waals surface area contributed by atoms with E-state index >= 15 is 0 Å². The molecular formula is C19H23NO3S. The van der Waals surface area contributed by atoms with Crippen LogP contribution >= 0.6 is 11.8 Å². The van der Waals surface area contributed by atoms with Gasteiger partial charge in [-0.25, -0.2) is 0 Å². The average molecular weight is 345 g/mol. The fourth-order valence-corrected chi connectivity index (χ4v) is 2.86. The highest BCUT2D eigenvalue weighted by Gasteiger charge is 2.10. The van der Waals surface area contributed by atoms with E-state index in [4.69, 9.17) is 9.47 Å². The molecular weight excluding hydrogens is 322 g/mol. The van der Waals surface area contributed by atoms with Crippen molar-refractivity contribution in [1.29, 1.82) is 0 Å². The third-order valence-electron chi connectivity index (χ3n) is 3.84. The lowest BCUT2D eigenvalue weighted by Gasteiger charge is -2.11. The van der Waals surface area contributed by atoms with E-state index in [9.17, 15) is 4.79 Å². The van der Waals surface area contributed by atoms with Crippen molar-refractivity contribution in [3.05, 3.63) is 53.1 Å². The van der Waals surface area contributed by atoms with Crippen LogP contribution in [0, 0.1) is 6.92 Å². The van der Waals surface area contributed by atoms with Crippen LogP contribution in [0.25, 0.3) is 0 Å². The van der Waals surface area contributed by atoms with Crippen molar-refractivity contribution < 1.29 is 14.3 Å². The van der Waals surface area contributed by atoms with Gasteiger partial charge < -0.3 is 14.8 Å². The summed E-state index contributed by atoms with van der Waals surface area (Å²) in [4.78, 5) is 13.5. The average Bonchev–Trinajstić information content (AvgIpc) is 2.61. The maximum Gasteiger partial charge on any atom is 0.251 e. The Morgan fingerprint density at radius 2 is 1.83 bits per heavy atom. The third-order valence-corrected chi connectivity index (χ3v) is 4.56. The van der Waals surface area contributed by atoms with Gasteiger partial charge in [-0.15, -0.1) is 11.8 Å². The van der Waals surface area contributed by atoms with Crippen LogP contribution < -0.4 is 14.8 Å². The van der Waals surface area contributed by atoms with Crippen LogP contribution in [0.2, 0.25) is 0 Å². The number of nitrogens with one attached hydrogen (secondary N) is 1. The van der Waals surface area contributed by atoms with Crippen molar-refractivity contribution in [2.45, 2.75) is 18.2 Å². The van der Waals surface area contributed by atoms with Gasteiger partial charge in [0.15, 0.2) is 11.5 Å². The van der Waals surface area contributed by atoms with Gasteiger partial charge in [0.05, 0.1) is 14.2 Å². The van der Waals surface area contributed by atoms with Crippen LogP contribution in [-0.2, 0) is 6.42 Å². The second kappa shape index (κ2) is 8.64. The van der Waals surface area contributed by atoms with Gasteiger partial charge in [-0.1, -0.05) is 12.1 Å². The molecule has 128 valence electrons. The van der Waals surface area contributed by atoms with Crippen molar-refractivity contribution >= 4 is 17.7 Å². The molecule has 0 aliphatic heterocycles. The Morgan fingerprint density at radius 3 is 2.50 bits per heavy atom. The number of hydrogen-bond acceptors (Lipinski definition) is 4. The molecule has 0 heterocycles. The number of aryl methyl sites for hydroxylation is 1. The summed E-state index contributed by atoms with van der Waals surface area (Å²) in [7, 11) is 3.23. The van der Waals surface area contributed by atoms with E-state index in [0.29, 0.717) is 18.0 Å². The lowest BCUT2D eigenvalue weighted by atomic mass is 10.1. The number of benzene rings is 2. The summed E-state index contributed by atoms with van der Waals surface area (Å²) in [6, 6.07) is 11.7. The first-order valence-corrected chi connectivity index (χ1v) is 8.95. The fourth-order valence-electron chi connectivity index (χ4n) is 2.42. The number of ether oxygens (including phenoxy) is 2. The summed E-state index contributed by atoms with van der Waals surface area (Å²) in [5.74, 6) is 1.36. The van der Waals surface area contributed by atoms with Crippen LogP contribution in [-0.4, -0.2) is 32.9 Å². The molecule has 0 radical (unpaired) electrons. The Labute approximate surface area is 147 Å². The van der Waals surface area contributed by atoms with Crippen LogP contribution in [0.3, 0.4) is 0 Å². The highest BCUT2D eigenvalue weighted by molar-refractivity contribution is 7.98. The Kier molecular flexibility index (Phi) is 6.55. The van der Waals surface area contributed by atoms with Gasteiger partial charge in [-0.3, -0.25) is 4.79 Å². The van der Waals surface area contributed by atoms with Crippen LogP contribution in [0.1, 0.15) is 21.5 Å². The molecule has 0 aromatic heterocycles. The molecule has 0 fully saturated rings. The predicted octanol–water partition coefficient (Wildman–Crippen LogP) is 3.71. The highest BCUT2D eigenvalue weighted by atomic mass is 32.2. The van der Waals surface area contributed by atoms with Crippen molar-refractivity contribution in [1.82, 2.24) is 5.32 Å². The second-order valence-electron chi connectivity index (χ2n) is 5.38. The zero-order valence-electron chi connectivity index (χ0n) is 14.5. The molecule has 1 amide bonds. The first kappa shape index (κ1) is 18.2. The molecule has 0 saturated heterocycles. The van der Waals surface area contributed by atoms with E-state index in [1.807, 2.05) is 49.6 Å². The van der Waals surface area contributed by atoms with Gasteiger partial charge in [-0.05, 0) is 55.0 Å². The van der Waals surface area contributed by atoms with Gasteiger partial charge >= 0.3 is 0 Å². The lowest BCUT2D eigenvalue weighted by Crippen LogP contribution is -2.26. The normalized spacial score (nSPS) is 10.3. The molecule has 0 spiro atoms. The minimum absolute atomic E-state index is 0.0381. The first-order valence-electron chi connectivity index (χ1n) is 7.72. The molecule has 0 bridgehead atoms. The van der Waals surface area contributed by atoms with Crippen molar-refractivity contribution in [3.63, 3.8) is 0 Å². The molecule has 1 N–H and O–H groups in total. The maximum absolute atomic E-state index is 12.4. The Balaban J connectivity index is 1.98. The summed E-state index contributed by atoms with van der Waals surface area (Å²) in [6.45, 7) is 2.52. The predicted molar refractivity (Wildman–Crippen MR) is 98.5 cm³/mol. The lowest BCUT2D eigenvalue weighted by molar-refractivity contribution is 0.0953. The molecule has 0 saturated carbocycles. The molecule has 0 aliphatic rings. The topological polar surface area (TPSA) is 47.6 Å². The van der Waals surface area contributed by atoms with Gasteiger partial charge in [0.25, 0.3) is 5.91 Å². The zero-order valence-corrected chi connectivity index (χ0v) is 15.3. The smallest absolute Gasteiger partial charge is 0.251 e. The molecule has 4 nitrogen and oxygen atoms in total. The quantitative estimate of drug-likeness (QED) is 0.777. The Bertz CT molecular complexity index is 716. The summed E-state index contributed by atoms with van der Waals surface area (Å²) >= 11 is 1.63. The highest BCUT2D eigenvalue weighted by Crippen LogP contribution is 2.27. The number of carbonyl (C=O) groups excluding carboxylic acids is 1. The molecule has 2 aromatic carbocycles. The van der Waals surface area contributed by atoms with Crippen molar-refractivity contribution in [3.8, 4) is 11.5 Å². The molecule has 0 unspecified atom stereocenters. The summed E-state index contributed by atoms with van der Waals surface area (Å²) in [5, 5.41) is 2.99. The van der Waals surface area contributed by atoms with Gasteiger partial charge in [-0.2, -0.15) is 0 Å². The number of carbonyl (C=O) groups is 1. The standard InChI is InChI=1S/C19H23NO3S/c1-13-5-7-15(24-4)12-16(13)19(21)20-10-9-14-6-8-17(22-2)18(11-14)23-3/h5-8,11-12H,9-10H2,1-4H3,(H,20,21). The SMILES string of the molecule is COc1ccc(CCNC(=O)c2cc(SC)ccc2C)cc1OC. The van der Waals surface area contributed by atoms with E-state index in [-0.39, 0.29) is 5.91 Å². The Hall–Kier alpha value is -2.14. The van der Waals surface area contributed by atoms with Crippen LogP contribution in [0.15, 0.2) is 41.3 Å². The number of thioether (sulfide) groups is 1. The van der Waals surface area contributed by atoms with E-state index < -0.39 is 0 Å². The van der Waals surface area contributed by atoms with Crippen molar-refractivity contribution in [2.24, 2.45) is 0 Å². The fraction of sp³-hybridized carbons (Fsp3) is 0.316. The maximum atomic E-state index is 12.4. The zero-order chi connectivity index (χ0) is 17.5. The number of hydrogen-bond donors (Lipinski definition) is 1. The molecule has 24 heavy (non-hydrogen) atoms. The minimum Gasteiger partial charge on any atom is -0.493 e. The van der Waals surface area contributed by atoms with Crippen molar-refractivity contribution in [2.75, 3.05) is 27.0 Å². The van der Waals surface area contributed by atoms with Crippen LogP contribution in [0.4, 0.5) is 0 Å². The summed E-state index contributed by atoms with van der Waals surface area (Å²) in [5.41, 5.74) is 2.80. The van der Waals surface area contributed by atoms with Gasteiger partial charge in [0.2, 0.25) is 0 Å². The van der Waals surface area contributed by atoms with E-state index in [1.54, 1.807) is 26.0 Å². The number of amides is 1. The molecule has 0 atom stereocenters. The first-order chi connectivity index (χ1) is 11.6. The second-order valence-corrected chi connectivity index (χ2v) is 6.26. The monoisotopic (exact) mass is 345 g/mol.